The lowest BCUT2D eigenvalue weighted by molar-refractivity contribution is -0.139. The van der Waals surface area contributed by atoms with Crippen molar-refractivity contribution in [1.82, 2.24) is 5.32 Å². The summed E-state index contributed by atoms with van der Waals surface area (Å²) >= 11 is 0. The van der Waals surface area contributed by atoms with Gasteiger partial charge in [-0.05, 0) is 31.2 Å². The molecule has 1 aromatic carbocycles. The minimum atomic E-state index is -0.790. The van der Waals surface area contributed by atoms with E-state index in [1.807, 2.05) is 18.2 Å². The van der Waals surface area contributed by atoms with Gasteiger partial charge in [0.1, 0.15) is 6.04 Å². The molecule has 1 aliphatic rings. The SMILES string of the molecule is CC(NC(c1ccccc1)C1CC1)C(=O)O. The first kappa shape index (κ1) is 11.1. The van der Waals surface area contributed by atoms with E-state index in [-0.39, 0.29) is 6.04 Å². The van der Waals surface area contributed by atoms with Crippen LogP contribution in [-0.4, -0.2) is 17.1 Å². The molecule has 1 fully saturated rings. The summed E-state index contributed by atoms with van der Waals surface area (Å²) in [5, 5.41) is 12.1. The van der Waals surface area contributed by atoms with Gasteiger partial charge < -0.3 is 5.11 Å². The third-order valence-electron chi connectivity index (χ3n) is 3.05. The van der Waals surface area contributed by atoms with Gasteiger partial charge in [0.15, 0.2) is 0 Å². The molecule has 0 spiro atoms. The quantitative estimate of drug-likeness (QED) is 0.798. The van der Waals surface area contributed by atoms with Crippen molar-refractivity contribution in [3.63, 3.8) is 0 Å². The number of nitrogens with one attached hydrogen (secondary N) is 1. The lowest BCUT2D eigenvalue weighted by Gasteiger charge is -2.21. The third-order valence-corrected chi connectivity index (χ3v) is 3.05. The number of hydrogen-bond acceptors (Lipinski definition) is 2. The number of carboxylic acid groups (broad SMARTS) is 1. The zero-order valence-electron chi connectivity index (χ0n) is 9.39. The third kappa shape index (κ3) is 2.61. The van der Waals surface area contributed by atoms with Gasteiger partial charge >= 0.3 is 5.97 Å². The Balaban J connectivity index is 2.09. The predicted octanol–water partition coefficient (Wildman–Crippen LogP) is 2.20. The Labute approximate surface area is 95.5 Å². The van der Waals surface area contributed by atoms with Crippen molar-refractivity contribution in [2.45, 2.75) is 31.8 Å². The van der Waals surface area contributed by atoms with E-state index in [9.17, 15) is 4.79 Å². The molecular weight excluding hydrogens is 202 g/mol. The maximum absolute atomic E-state index is 10.8. The summed E-state index contributed by atoms with van der Waals surface area (Å²) < 4.78 is 0. The summed E-state index contributed by atoms with van der Waals surface area (Å²) in [7, 11) is 0. The Morgan fingerprint density at radius 3 is 2.50 bits per heavy atom. The maximum Gasteiger partial charge on any atom is 0.320 e. The molecule has 0 heterocycles. The largest absolute Gasteiger partial charge is 0.480 e. The van der Waals surface area contributed by atoms with Crippen molar-refractivity contribution in [2.75, 3.05) is 0 Å². The van der Waals surface area contributed by atoms with Crippen LogP contribution in [0.5, 0.6) is 0 Å². The summed E-state index contributed by atoms with van der Waals surface area (Å²) in [4.78, 5) is 10.8. The molecule has 0 bridgehead atoms. The minimum Gasteiger partial charge on any atom is -0.480 e. The van der Waals surface area contributed by atoms with Crippen LogP contribution in [0.25, 0.3) is 0 Å². The summed E-state index contributed by atoms with van der Waals surface area (Å²) in [5.41, 5.74) is 1.19. The topological polar surface area (TPSA) is 49.3 Å². The van der Waals surface area contributed by atoms with Crippen molar-refractivity contribution >= 4 is 5.97 Å². The van der Waals surface area contributed by atoms with Crippen molar-refractivity contribution in [1.29, 1.82) is 0 Å². The van der Waals surface area contributed by atoms with Gasteiger partial charge in [0.2, 0.25) is 0 Å². The summed E-state index contributed by atoms with van der Waals surface area (Å²) in [6.45, 7) is 1.70. The van der Waals surface area contributed by atoms with Crippen LogP contribution in [0.1, 0.15) is 31.4 Å². The molecule has 0 aromatic heterocycles. The monoisotopic (exact) mass is 219 g/mol. The highest BCUT2D eigenvalue weighted by molar-refractivity contribution is 5.72. The Bertz CT molecular complexity index is 359. The Morgan fingerprint density at radius 1 is 1.38 bits per heavy atom. The zero-order chi connectivity index (χ0) is 11.5. The fraction of sp³-hybridized carbons (Fsp3) is 0.462. The van der Waals surface area contributed by atoms with Gasteiger partial charge in [-0.25, -0.2) is 0 Å². The number of carboxylic acids is 1. The molecule has 3 nitrogen and oxygen atoms in total. The van der Waals surface area contributed by atoms with Crippen LogP contribution in [0.4, 0.5) is 0 Å². The van der Waals surface area contributed by atoms with E-state index in [1.54, 1.807) is 6.92 Å². The van der Waals surface area contributed by atoms with Gasteiger partial charge in [0, 0.05) is 6.04 Å². The molecule has 0 aliphatic heterocycles. The van der Waals surface area contributed by atoms with Crippen LogP contribution >= 0.6 is 0 Å². The Hall–Kier alpha value is -1.35. The molecule has 2 unspecified atom stereocenters. The highest BCUT2D eigenvalue weighted by Gasteiger charge is 2.33. The standard InChI is InChI=1S/C13H17NO2/c1-9(13(15)16)14-12(11-7-8-11)10-5-3-2-4-6-10/h2-6,9,11-12,14H,7-8H2,1H3,(H,15,16). The first-order chi connectivity index (χ1) is 7.68. The smallest absolute Gasteiger partial charge is 0.320 e. The molecule has 1 aromatic rings. The van der Waals surface area contributed by atoms with Crippen molar-refractivity contribution < 1.29 is 9.90 Å². The molecule has 1 aliphatic carbocycles. The molecule has 3 heteroatoms. The minimum absolute atomic E-state index is 0.187. The van der Waals surface area contributed by atoms with E-state index in [0.29, 0.717) is 5.92 Å². The van der Waals surface area contributed by atoms with E-state index in [1.165, 1.54) is 18.4 Å². The molecule has 2 rings (SSSR count). The van der Waals surface area contributed by atoms with Crippen LogP contribution in [0.2, 0.25) is 0 Å². The fourth-order valence-electron chi connectivity index (χ4n) is 1.94. The van der Waals surface area contributed by atoms with Crippen LogP contribution < -0.4 is 5.32 Å². The molecule has 0 radical (unpaired) electrons. The average molecular weight is 219 g/mol. The molecule has 0 amide bonds. The van der Waals surface area contributed by atoms with E-state index in [2.05, 4.69) is 17.4 Å². The van der Waals surface area contributed by atoms with E-state index >= 15 is 0 Å². The number of rotatable bonds is 5. The number of hydrogen-bond donors (Lipinski definition) is 2. The second-order valence-electron chi connectivity index (χ2n) is 4.45. The molecule has 0 saturated heterocycles. The lowest BCUT2D eigenvalue weighted by Crippen LogP contribution is -2.37. The molecule has 1 saturated carbocycles. The normalized spacial score (nSPS) is 19.1. The van der Waals surface area contributed by atoms with E-state index in [0.717, 1.165) is 0 Å². The Kier molecular flexibility index (Phi) is 3.25. The lowest BCUT2D eigenvalue weighted by atomic mass is 10.0. The number of benzene rings is 1. The van der Waals surface area contributed by atoms with Crippen LogP contribution in [0.3, 0.4) is 0 Å². The van der Waals surface area contributed by atoms with Gasteiger partial charge in [-0.15, -0.1) is 0 Å². The predicted molar refractivity (Wildman–Crippen MR) is 62.1 cm³/mol. The maximum atomic E-state index is 10.8. The summed E-state index contributed by atoms with van der Waals surface area (Å²) in [6, 6.07) is 9.79. The van der Waals surface area contributed by atoms with Crippen molar-refractivity contribution in [3.05, 3.63) is 35.9 Å². The van der Waals surface area contributed by atoms with Crippen molar-refractivity contribution in [2.24, 2.45) is 5.92 Å². The second kappa shape index (κ2) is 4.66. The molecule has 2 N–H and O–H groups in total. The Morgan fingerprint density at radius 2 is 2.00 bits per heavy atom. The first-order valence-corrected chi connectivity index (χ1v) is 5.72. The first-order valence-electron chi connectivity index (χ1n) is 5.72. The van der Waals surface area contributed by atoms with Crippen LogP contribution in [0, 0.1) is 5.92 Å². The van der Waals surface area contributed by atoms with Gasteiger partial charge in [-0.2, -0.15) is 0 Å². The average Bonchev–Trinajstić information content (AvgIpc) is 3.10. The van der Waals surface area contributed by atoms with Crippen LogP contribution in [-0.2, 0) is 4.79 Å². The molecule has 16 heavy (non-hydrogen) atoms. The fourth-order valence-corrected chi connectivity index (χ4v) is 1.94. The summed E-state index contributed by atoms with van der Waals surface area (Å²) in [6.07, 6.45) is 2.39. The van der Waals surface area contributed by atoms with E-state index < -0.39 is 12.0 Å². The summed E-state index contributed by atoms with van der Waals surface area (Å²) in [5.74, 6) is -0.189. The molecule has 2 atom stereocenters. The van der Waals surface area contributed by atoms with Crippen molar-refractivity contribution in [3.8, 4) is 0 Å². The second-order valence-corrected chi connectivity index (χ2v) is 4.45. The van der Waals surface area contributed by atoms with Gasteiger partial charge in [0.25, 0.3) is 0 Å². The van der Waals surface area contributed by atoms with Gasteiger partial charge in [0.05, 0.1) is 0 Å². The highest BCUT2D eigenvalue weighted by atomic mass is 16.4. The number of carbonyl (C=O) groups is 1. The number of aliphatic carboxylic acids is 1. The highest BCUT2D eigenvalue weighted by Crippen LogP contribution is 2.41. The van der Waals surface area contributed by atoms with Gasteiger partial charge in [-0.3, -0.25) is 10.1 Å². The van der Waals surface area contributed by atoms with Crippen LogP contribution in [0.15, 0.2) is 30.3 Å². The van der Waals surface area contributed by atoms with Gasteiger partial charge in [-0.1, -0.05) is 30.3 Å². The molecular formula is C13H17NO2. The van der Waals surface area contributed by atoms with E-state index in [4.69, 9.17) is 5.11 Å². The zero-order valence-corrected chi connectivity index (χ0v) is 9.39. The molecule has 86 valence electrons.